The molecule has 1 fully saturated rings. The highest BCUT2D eigenvalue weighted by molar-refractivity contribution is 5.85. The lowest BCUT2D eigenvalue weighted by Gasteiger charge is -2.31. The number of amides is 2. The van der Waals surface area contributed by atoms with Crippen LogP contribution in [0.5, 0.6) is 0 Å². The summed E-state index contributed by atoms with van der Waals surface area (Å²) in [5, 5.41) is 6.27. The molecular formula is C13H20ClN3O. The Bertz CT molecular complexity index is 372. The number of nitrogens with zero attached hydrogens (tertiary/aromatic N) is 1. The van der Waals surface area contributed by atoms with E-state index in [0.717, 1.165) is 25.2 Å². The van der Waals surface area contributed by atoms with Gasteiger partial charge in [0, 0.05) is 32.2 Å². The molecule has 100 valence electrons. The fourth-order valence-electron chi connectivity index (χ4n) is 2.00. The molecule has 1 atom stereocenters. The number of carbonyl (C=O) groups excluding carboxylic acids is 1. The Balaban J connectivity index is 0.00000162. The Morgan fingerprint density at radius 2 is 2.17 bits per heavy atom. The lowest BCUT2D eigenvalue weighted by atomic mass is 10.2. The molecule has 0 aliphatic carbocycles. The number of carbonyl (C=O) groups is 1. The number of halogens is 1. The number of hydrogen-bond acceptors (Lipinski definition) is 2. The van der Waals surface area contributed by atoms with E-state index >= 15 is 0 Å². The summed E-state index contributed by atoms with van der Waals surface area (Å²) >= 11 is 0. The number of nitrogens with one attached hydrogen (secondary N) is 2. The lowest BCUT2D eigenvalue weighted by Crippen LogP contribution is -2.53. The van der Waals surface area contributed by atoms with E-state index < -0.39 is 0 Å². The average molecular weight is 270 g/mol. The minimum atomic E-state index is 0. The molecule has 0 spiro atoms. The Morgan fingerprint density at radius 1 is 1.44 bits per heavy atom. The molecule has 0 saturated carbocycles. The molecule has 0 unspecified atom stereocenters. The second-order valence-electron chi connectivity index (χ2n) is 4.45. The first kappa shape index (κ1) is 14.8. The van der Waals surface area contributed by atoms with E-state index in [0.29, 0.717) is 12.6 Å². The van der Waals surface area contributed by atoms with E-state index in [4.69, 9.17) is 0 Å². The van der Waals surface area contributed by atoms with Gasteiger partial charge in [0.2, 0.25) is 0 Å². The normalized spacial score (nSPS) is 18.9. The second-order valence-corrected chi connectivity index (χ2v) is 4.45. The molecule has 5 heteroatoms. The van der Waals surface area contributed by atoms with Crippen LogP contribution in [0.3, 0.4) is 0 Å². The highest BCUT2D eigenvalue weighted by atomic mass is 35.5. The minimum Gasteiger partial charge on any atom is -0.334 e. The van der Waals surface area contributed by atoms with Crippen LogP contribution in [0.25, 0.3) is 0 Å². The van der Waals surface area contributed by atoms with E-state index in [1.165, 1.54) is 0 Å². The fourth-order valence-corrected chi connectivity index (χ4v) is 2.00. The third-order valence-electron chi connectivity index (χ3n) is 2.94. The summed E-state index contributed by atoms with van der Waals surface area (Å²) in [4.78, 5) is 13.8. The van der Waals surface area contributed by atoms with Gasteiger partial charge in [0.25, 0.3) is 0 Å². The van der Waals surface area contributed by atoms with Crippen molar-refractivity contribution in [3.8, 4) is 0 Å². The van der Waals surface area contributed by atoms with Crippen molar-refractivity contribution in [1.29, 1.82) is 0 Å². The average Bonchev–Trinajstić information content (AvgIpc) is 2.37. The zero-order chi connectivity index (χ0) is 12.1. The van der Waals surface area contributed by atoms with Gasteiger partial charge >= 0.3 is 6.03 Å². The van der Waals surface area contributed by atoms with Crippen LogP contribution in [-0.4, -0.2) is 36.6 Å². The lowest BCUT2D eigenvalue weighted by molar-refractivity contribution is 0.179. The van der Waals surface area contributed by atoms with Crippen molar-refractivity contribution in [2.45, 2.75) is 19.5 Å². The molecule has 0 radical (unpaired) electrons. The van der Waals surface area contributed by atoms with Crippen molar-refractivity contribution in [3.05, 3.63) is 35.9 Å². The first-order valence-electron chi connectivity index (χ1n) is 6.06. The number of piperazine rings is 1. The first-order chi connectivity index (χ1) is 8.25. The summed E-state index contributed by atoms with van der Waals surface area (Å²) in [6, 6.07) is 10.4. The number of benzene rings is 1. The maximum Gasteiger partial charge on any atom is 0.317 e. The van der Waals surface area contributed by atoms with Crippen molar-refractivity contribution in [2.75, 3.05) is 19.6 Å². The van der Waals surface area contributed by atoms with Gasteiger partial charge in [-0.25, -0.2) is 4.79 Å². The Hall–Kier alpha value is -1.26. The van der Waals surface area contributed by atoms with Crippen LogP contribution in [0.2, 0.25) is 0 Å². The molecule has 1 aliphatic rings. The summed E-state index contributed by atoms with van der Waals surface area (Å²) in [6.07, 6.45) is 0. The zero-order valence-electron chi connectivity index (χ0n) is 10.6. The Kier molecular flexibility index (Phi) is 5.95. The van der Waals surface area contributed by atoms with Gasteiger partial charge in [-0.15, -0.1) is 12.4 Å². The van der Waals surface area contributed by atoms with Crippen LogP contribution in [0, 0.1) is 0 Å². The van der Waals surface area contributed by atoms with E-state index in [1.54, 1.807) is 0 Å². The van der Waals surface area contributed by atoms with Gasteiger partial charge < -0.3 is 15.5 Å². The third kappa shape index (κ3) is 4.20. The molecule has 0 aromatic heterocycles. The summed E-state index contributed by atoms with van der Waals surface area (Å²) in [6.45, 7) is 5.13. The van der Waals surface area contributed by atoms with Gasteiger partial charge in [0.05, 0.1) is 0 Å². The number of urea groups is 1. The Morgan fingerprint density at radius 3 is 2.83 bits per heavy atom. The van der Waals surface area contributed by atoms with Gasteiger partial charge in [-0.2, -0.15) is 0 Å². The van der Waals surface area contributed by atoms with Gasteiger partial charge in [-0.3, -0.25) is 0 Å². The smallest absolute Gasteiger partial charge is 0.317 e. The molecule has 2 N–H and O–H groups in total. The van der Waals surface area contributed by atoms with Crippen LogP contribution in [0.1, 0.15) is 12.5 Å². The summed E-state index contributed by atoms with van der Waals surface area (Å²) < 4.78 is 0. The summed E-state index contributed by atoms with van der Waals surface area (Å²) in [7, 11) is 0. The molecule has 1 heterocycles. The van der Waals surface area contributed by atoms with E-state index in [9.17, 15) is 4.79 Å². The van der Waals surface area contributed by atoms with E-state index in [1.807, 2.05) is 35.2 Å². The molecule has 18 heavy (non-hydrogen) atoms. The summed E-state index contributed by atoms with van der Waals surface area (Å²) in [5.41, 5.74) is 1.13. The maximum absolute atomic E-state index is 11.9. The van der Waals surface area contributed by atoms with Crippen molar-refractivity contribution in [1.82, 2.24) is 15.5 Å². The molecular weight excluding hydrogens is 250 g/mol. The molecule has 0 bridgehead atoms. The first-order valence-corrected chi connectivity index (χ1v) is 6.06. The highest BCUT2D eigenvalue weighted by Crippen LogP contribution is 2.01. The zero-order valence-corrected chi connectivity index (χ0v) is 11.4. The monoisotopic (exact) mass is 269 g/mol. The molecule has 1 saturated heterocycles. The quantitative estimate of drug-likeness (QED) is 0.857. The second kappa shape index (κ2) is 7.24. The van der Waals surface area contributed by atoms with Crippen molar-refractivity contribution < 1.29 is 4.79 Å². The van der Waals surface area contributed by atoms with Crippen LogP contribution in [-0.2, 0) is 6.54 Å². The highest BCUT2D eigenvalue weighted by Gasteiger charge is 2.19. The molecule has 4 nitrogen and oxygen atoms in total. The fraction of sp³-hybridized carbons (Fsp3) is 0.462. The molecule has 1 aliphatic heterocycles. The van der Waals surface area contributed by atoms with Crippen LogP contribution < -0.4 is 10.6 Å². The molecule has 2 rings (SSSR count). The van der Waals surface area contributed by atoms with Gasteiger partial charge in [-0.05, 0) is 12.5 Å². The molecule has 2 amide bonds. The van der Waals surface area contributed by atoms with E-state index in [-0.39, 0.29) is 18.4 Å². The van der Waals surface area contributed by atoms with Crippen LogP contribution in [0.4, 0.5) is 4.79 Å². The van der Waals surface area contributed by atoms with Crippen LogP contribution >= 0.6 is 12.4 Å². The molecule has 1 aromatic rings. The predicted octanol–water partition coefficient (Wildman–Crippen LogP) is 1.61. The topological polar surface area (TPSA) is 44.4 Å². The van der Waals surface area contributed by atoms with E-state index in [2.05, 4.69) is 17.6 Å². The van der Waals surface area contributed by atoms with Gasteiger partial charge in [-0.1, -0.05) is 30.3 Å². The number of rotatable bonds is 2. The largest absolute Gasteiger partial charge is 0.334 e. The SMILES string of the molecule is C[C@@H]1CN(C(=O)NCc2ccccc2)CCN1.Cl. The Labute approximate surface area is 114 Å². The van der Waals surface area contributed by atoms with Gasteiger partial charge in [0.1, 0.15) is 0 Å². The standard InChI is InChI=1S/C13H19N3O.ClH/c1-11-10-16(8-7-14-11)13(17)15-9-12-5-3-2-4-6-12;/h2-6,11,14H,7-10H2,1H3,(H,15,17);1H/t11-;/m1./s1. The maximum atomic E-state index is 11.9. The predicted molar refractivity (Wildman–Crippen MR) is 75.0 cm³/mol. The van der Waals surface area contributed by atoms with Crippen LogP contribution in [0.15, 0.2) is 30.3 Å². The third-order valence-corrected chi connectivity index (χ3v) is 2.94. The summed E-state index contributed by atoms with van der Waals surface area (Å²) in [5.74, 6) is 0. The number of hydrogen-bond donors (Lipinski definition) is 2. The van der Waals surface area contributed by atoms with Crippen molar-refractivity contribution >= 4 is 18.4 Å². The van der Waals surface area contributed by atoms with Gasteiger partial charge in [0.15, 0.2) is 0 Å². The molecule has 1 aromatic carbocycles. The van der Waals surface area contributed by atoms with Crippen molar-refractivity contribution in [2.24, 2.45) is 0 Å². The minimum absolute atomic E-state index is 0. The van der Waals surface area contributed by atoms with Crippen molar-refractivity contribution in [3.63, 3.8) is 0 Å².